The molecular weight excluding hydrogens is 256 g/mol. The molecule has 20 heavy (non-hydrogen) atoms. The van der Waals surface area contributed by atoms with Gasteiger partial charge in [-0.15, -0.1) is 0 Å². The van der Waals surface area contributed by atoms with E-state index in [1.165, 1.54) is 14.2 Å². The zero-order valence-corrected chi connectivity index (χ0v) is 11.3. The van der Waals surface area contributed by atoms with Crippen LogP contribution in [0.1, 0.15) is 26.3 Å². The summed E-state index contributed by atoms with van der Waals surface area (Å²) < 4.78 is 10.4. The van der Waals surface area contributed by atoms with E-state index >= 15 is 0 Å². The van der Waals surface area contributed by atoms with Gasteiger partial charge in [-0.25, -0.2) is 0 Å². The summed E-state index contributed by atoms with van der Waals surface area (Å²) in [5.41, 5.74) is 0.928. The summed E-state index contributed by atoms with van der Waals surface area (Å²) in [5, 5.41) is 0. The van der Waals surface area contributed by atoms with Crippen LogP contribution in [0.5, 0.6) is 11.5 Å². The highest BCUT2D eigenvalue weighted by Crippen LogP contribution is 2.28. The summed E-state index contributed by atoms with van der Waals surface area (Å²) in [5.74, 6) is 0.521. The summed E-state index contributed by atoms with van der Waals surface area (Å²) in [7, 11) is 2.96. The predicted molar refractivity (Wildman–Crippen MR) is 74.8 cm³/mol. The number of rotatable bonds is 5. The molecule has 0 heterocycles. The van der Waals surface area contributed by atoms with Gasteiger partial charge in [-0.2, -0.15) is 0 Å². The first-order chi connectivity index (χ1) is 9.72. The van der Waals surface area contributed by atoms with Crippen LogP contribution >= 0.6 is 0 Å². The van der Waals surface area contributed by atoms with Crippen molar-refractivity contribution >= 4 is 12.1 Å². The van der Waals surface area contributed by atoms with Crippen molar-refractivity contribution in [3.63, 3.8) is 0 Å². The van der Waals surface area contributed by atoms with Crippen molar-refractivity contribution in [2.45, 2.75) is 0 Å². The molecule has 2 aromatic rings. The SMILES string of the molecule is COc1ccccc1C(=O)c1c(C=O)cccc1OC. The van der Waals surface area contributed by atoms with E-state index in [1.54, 1.807) is 42.5 Å². The van der Waals surface area contributed by atoms with Gasteiger partial charge in [0, 0.05) is 5.56 Å². The van der Waals surface area contributed by atoms with Crippen molar-refractivity contribution < 1.29 is 19.1 Å². The van der Waals surface area contributed by atoms with Crippen molar-refractivity contribution in [2.24, 2.45) is 0 Å². The Morgan fingerprint density at radius 3 is 2.25 bits per heavy atom. The normalized spacial score (nSPS) is 9.90. The van der Waals surface area contributed by atoms with Gasteiger partial charge in [0.2, 0.25) is 5.78 Å². The number of ether oxygens (including phenoxy) is 2. The molecule has 0 saturated carbocycles. The minimum atomic E-state index is -0.304. The molecule has 0 fully saturated rings. The van der Waals surface area contributed by atoms with E-state index in [4.69, 9.17) is 9.47 Å². The quantitative estimate of drug-likeness (QED) is 0.619. The number of carbonyl (C=O) groups excluding carboxylic acids is 2. The summed E-state index contributed by atoms with van der Waals surface area (Å²) in [6.45, 7) is 0. The summed E-state index contributed by atoms with van der Waals surface area (Å²) in [6, 6.07) is 11.8. The highest BCUT2D eigenvalue weighted by Gasteiger charge is 2.21. The van der Waals surface area contributed by atoms with Crippen LogP contribution in [-0.4, -0.2) is 26.3 Å². The van der Waals surface area contributed by atoms with Gasteiger partial charge in [0.15, 0.2) is 6.29 Å². The van der Waals surface area contributed by atoms with Gasteiger partial charge < -0.3 is 9.47 Å². The van der Waals surface area contributed by atoms with Gasteiger partial charge in [-0.05, 0) is 18.2 Å². The molecule has 0 N–H and O–H groups in total. The van der Waals surface area contributed by atoms with Gasteiger partial charge in [0.1, 0.15) is 11.5 Å². The highest BCUT2D eigenvalue weighted by molar-refractivity contribution is 6.15. The molecule has 102 valence electrons. The lowest BCUT2D eigenvalue weighted by Gasteiger charge is -2.12. The van der Waals surface area contributed by atoms with E-state index in [-0.39, 0.29) is 11.3 Å². The summed E-state index contributed by atoms with van der Waals surface area (Å²) >= 11 is 0. The molecule has 0 radical (unpaired) electrons. The average Bonchev–Trinajstić information content (AvgIpc) is 2.53. The lowest BCUT2D eigenvalue weighted by atomic mass is 9.97. The fourth-order valence-corrected chi connectivity index (χ4v) is 2.03. The third-order valence-electron chi connectivity index (χ3n) is 2.98. The molecule has 2 aromatic carbocycles. The van der Waals surface area contributed by atoms with E-state index in [1.807, 2.05) is 0 Å². The fraction of sp³-hybridized carbons (Fsp3) is 0.125. The zero-order chi connectivity index (χ0) is 14.5. The van der Waals surface area contributed by atoms with E-state index in [0.29, 0.717) is 28.9 Å². The second kappa shape index (κ2) is 6.02. The number of benzene rings is 2. The minimum Gasteiger partial charge on any atom is -0.496 e. The lowest BCUT2D eigenvalue weighted by Crippen LogP contribution is -2.09. The van der Waals surface area contributed by atoms with Crippen LogP contribution in [0.15, 0.2) is 42.5 Å². The molecule has 0 aliphatic rings. The number of ketones is 1. The number of methoxy groups -OCH3 is 2. The molecule has 0 aromatic heterocycles. The predicted octanol–water partition coefficient (Wildman–Crippen LogP) is 2.75. The molecule has 0 atom stereocenters. The monoisotopic (exact) mass is 270 g/mol. The standard InChI is InChI=1S/C16H14O4/c1-19-13-8-4-3-7-12(13)16(18)15-11(10-17)6-5-9-14(15)20-2/h3-10H,1-2H3. The summed E-state index contributed by atoms with van der Waals surface area (Å²) in [4.78, 5) is 23.8. The maximum Gasteiger partial charge on any atom is 0.201 e. The molecule has 0 bridgehead atoms. The molecule has 0 amide bonds. The Balaban J connectivity index is 2.61. The third kappa shape index (κ3) is 2.40. The summed E-state index contributed by atoms with van der Waals surface area (Å²) in [6.07, 6.45) is 0.644. The maximum atomic E-state index is 12.7. The first-order valence-corrected chi connectivity index (χ1v) is 6.02. The Bertz CT molecular complexity index is 647. The van der Waals surface area contributed by atoms with Gasteiger partial charge in [-0.1, -0.05) is 24.3 Å². The first-order valence-electron chi connectivity index (χ1n) is 6.02. The first kappa shape index (κ1) is 13.8. The fourth-order valence-electron chi connectivity index (χ4n) is 2.03. The van der Waals surface area contributed by atoms with Crippen LogP contribution in [-0.2, 0) is 0 Å². The maximum absolute atomic E-state index is 12.7. The van der Waals surface area contributed by atoms with Crippen LogP contribution < -0.4 is 9.47 Å². The topological polar surface area (TPSA) is 52.6 Å². The van der Waals surface area contributed by atoms with Crippen LogP contribution in [0.25, 0.3) is 0 Å². The van der Waals surface area contributed by atoms with Crippen LogP contribution in [0.3, 0.4) is 0 Å². The van der Waals surface area contributed by atoms with Crippen molar-refractivity contribution in [3.8, 4) is 11.5 Å². The van der Waals surface area contributed by atoms with E-state index < -0.39 is 0 Å². The number of aldehydes is 1. The second-order valence-corrected chi connectivity index (χ2v) is 4.07. The highest BCUT2D eigenvalue weighted by atomic mass is 16.5. The molecule has 0 unspecified atom stereocenters. The van der Waals surface area contributed by atoms with Crippen LogP contribution in [0.2, 0.25) is 0 Å². The minimum absolute atomic E-state index is 0.245. The number of hydrogen-bond acceptors (Lipinski definition) is 4. The average molecular weight is 270 g/mol. The second-order valence-electron chi connectivity index (χ2n) is 4.07. The van der Waals surface area contributed by atoms with Crippen molar-refractivity contribution in [1.82, 2.24) is 0 Å². The lowest BCUT2D eigenvalue weighted by molar-refractivity contribution is 0.102. The van der Waals surface area contributed by atoms with Gasteiger partial charge >= 0.3 is 0 Å². The van der Waals surface area contributed by atoms with Crippen LogP contribution in [0.4, 0.5) is 0 Å². The molecule has 0 saturated heterocycles. The largest absolute Gasteiger partial charge is 0.496 e. The molecule has 4 nitrogen and oxygen atoms in total. The molecular formula is C16H14O4. The Labute approximate surface area is 116 Å². The Hall–Kier alpha value is -2.62. The number of carbonyl (C=O) groups is 2. The van der Waals surface area contributed by atoms with E-state index in [9.17, 15) is 9.59 Å². The molecule has 2 rings (SSSR count). The molecule has 0 aliphatic carbocycles. The number of para-hydroxylation sites is 1. The third-order valence-corrected chi connectivity index (χ3v) is 2.98. The van der Waals surface area contributed by atoms with E-state index in [2.05, 4.69) is 0 Å². The Kier molecular flexibility index (Phi) is 4.15. The Morgan fingerprint density at radius 2 is 1.60 bits per heavy atom. The van der Waals surface area contributed by atoms with Gasteiger partial charge in [0.25, 0.3) is 0 Å². The van der Waals surface area contributed by atoms with Gasteiger partial charge in [0.05, 0.1) is 25.3 Å². The molecule has 0 aliphatic heterocycles. The molecule has 4 heteroatoms. The zero-order valence-electron chi connectivity index (χ0n) is 11.3. The van der Waals surface area contributed by atoms with Crippen molar-refractivity contribution in [1.29, 1.82) is 0 Å². The van der Waals surface area contributed by atoms with E-state index in [0.717, 1.165) is 0 Å². The van der Waals surface area contributed by atoms with Crippen molar-refractivity contribution in [3.05, 3.63) is 59.2 Å². The smallest absolute Gasteiger partial charge is 0.201 e. The number of hydrogen-bond donors (Lipinski definition) is 0. The molecule has 0 spiro atoms. The Morgan fingerprint density at radius 1 is 0.950 bits per heavy atom. The van der Waals surface area contributed by atoms with Crippen LogP contribution in [0, 0.1) is 0 Å². The van der Waals surface area contributed by atoms with Crippen molar-refractivity contribution in [2.75, 3.05) is 14.2 Å². The van der Waals surface area contributed by atoms with Gasteiger partial charge in [-0.3, -0.25) is 9.59 Å².